The third-order valence-corrected chi connectivity index (χ3v) is 4.27. The van der Waals surface area contributed by atoms with Gasteiger partial charge < -0.3 is 14.9 Å². The molecule has 0 atom stereocenters. The lowest BCUT2D eigenvalue weighted by Crippen LogP contribution is -2.49. The molecule has 1 saturated carbocycles. The number of rotatable bonds is 5. The minimum atomic E-state index is -0.0281. The summed E-state index contributed by atoms with van der Waals surface area (Å²) in [4.78, 5) is 26.8. The highest BCUT2D eigenvalue weighted by Gasteiger charge is 2.31. The summed E-state index contributed by atoms with van der Waals surface area (Å²) in [5, 5.41) is 8.99. The Morgan fingerprint density at radius 2 is 2.29 bits per heavy atom. The van der Waals surface area contributed by atoms with Crippen LogP contribution in [0.2, 0.25) is 0 Å². The third-order valence-electron chi connectivity index (χ3n) is 3.33. The molecule has 1 aliphatic heterocycles. The van der Waals surface area contributed by atoms with Crippen molar-refractivity contribution in [2.75, 3.05) is 31.3 Å². The van der Waals surface area contributed by atoms with E-state index in [1.165, 1.54) is 0 Å². The minimum Gasteiger partial charge on any atom is -0.395 e. The van der Waals surface area contributed by atoms with Crippen LogP contribution < -0.4 is 0 Å². The highest BCUT2D eigenvalue weighted by Crippen LogP contribution is 2.25. The lowest BCUT2D eigenvalue weighted by Gasteiger charge is -2.38. The van der Waals surface area contributed by atoms with Crippen LogP contribution in [0.15, 0.2) is 0 Å². The molecule has 0 radical (unpaired) electrons. The highest BCUT2D eigenvalue weighted by molar-refractivity contribution is 8.00. The molecule has 2 aliphatic rings. The summed E-state index contributed by atoms with van der Waals surface area (Å²) in [6, 6.07) is 0.278. The monoisotopic (exact) mass is 258 g/mol. The normalized spacial score (nSPS) is 20.5. The molecule has 1 aliphatic carbocycles. The van der Waals surface area contributed by atoms with Crippen molar-refractivity contribution in [1.29, 1.82) is 0 Å². The summed E-state index contributed by atoms with van der Waals surface area (Å²) in [6.07, 6.45) is 3.20. The molecule has 96 valence electrons. The van der Waals surface area contributed by atoms with E-state index in [-0.39, 0.29) is 31.0 Å². The maximum Gasteiger partial charge on any atom is 0.242 e. The highest BCUT2D eigenvalue weighted by atomic mass is 32.2. The second-order valence-corrected chi connectivity index (χ2v) is 5.42. The number of aliphatic hydroxyl groups is 1. The van der Waals surface area contributed by atoms with E-state index in [2.05, 4.69) is 0 Å². The molecule has 6 heteroatoms. The van der Waals surface area contributed by atoms with Crippen molar-refractivity contribution in [2.45, 2.75) is 25.3 Å². The van der Waals surface area contributed by atoms with E-state index in [0.29, 0.717) is 18.2 Å². The van der Waals surface area contributed by atoms with Gasteiger partial charge in [-0.25, -0.2) is 0 Å². The first-order valence-electron chi connectivity index (χ1n) is 5.98. The predicted octanol–water partition coefficient (Wildman–Crippen LogP) is -0.107. The number of carbonyl (C=O) groups is 2. The molecule has 1 saturated heterocycles. The van der Waals surface area contributed by atoms with Crippen molar-refractivity contribution in [3.8, 4) is 0 Å². The van der Waals surface area contributed by atoms with Gasteiger partial charge in [-0.05, 0) is 19.3 Å². The number of hydrogen-bond donors (Lipinski definition) is 1. The third kappa shape index (κ3) is 2.93. The van der Waals surface area contributed by atoms with E-state index in [0.717, 1.165) is 19.3 Å². The molecule has 2 rings (SSSR count). The second kappa shape index (κ2) is 5.73. The number of amides is 2. The van der Waals surface area contributed by atoms with Crippen LogP contribution in [0.25, 0.3) is 0 Å². The zero-order chi connectivity index (χ0) is 12.3. The number of aliphatic hydroxyl groups excluding tert-OH is 1. The van der Waals surface area contributed by atoms with E-state index in [4.69, 9.17) is 5.11 Å². The molecule has 0 aromatic carbocycles. The van der Waals surface area contributed by atoms with Crippen LogP contribution in [0.3, 0.4) is 0 Å². The smallest absolute Gasteiger partial charge is 0.242 e. The lowest BCUT2D eigenvalue weighted by atomic mass is 9.91. The average molecular weight is 258 g/mol. The van der Waals surface area contributed by atoms with Gasteiger partial charge in [-0.1, -0.05) is 0 Å². The van der Waals surface area contributed by atoms with Crippen molar-refractivity contribution < 1.29 is 14.7 Å². The van der Waals surface area contributed by atoms with Gasteiger partial charge in [-0.15, -0.1) is 11.8 Å². The molecular formula is C11H18N2O3S. The van der Waals surface area contributed by atoms with Crippen molar-refractivity contribution >= 4 is 23.6 Å². The molecule has 1 heterocycles. The van der Waals surface area contributed by atoms with Gasteiger partial charge in [0.25, 0.3) is 0 Å². The lowest BCUT2D eigenvalue weighted by molar-refractivity contribution is -0.141. The van der Waals surface area contributed by atoms with Crippen LogP contribution in [0, 0.1) is 0 Å². The second-order valence-electron chi connectivity index (χ2n) is 4.46. The average Bonchev–Trinajstić information content (AvgIpc) is 2.61. The fourth-order valence-electron chi connectivity index (χ4n) is 2.11. The molecule has 0 bridgehead atoms. The zero-order valence-corrected chi connectivity index (χ0v) is 10.6. The largest absolute Gasteiger partial charge is 0.395 e. The molecule has 17 heavy (non-hydrogen) atoms. The summed E-state index contributed by atoms with van der Waals surface area (Å²) in [7, 11) is 0. The quantitative estimate of drug-likeness (QED) is 0.747. The fraction of sp³-hybridized carbons (Fsp3) is 0.818. The molecule has 5 nitrogen and oxygen atoms in total. The van der Waals surface area contributed by atoms with Crippen LogP contribution in [0.1, 0.15) is 19.3 Å². The van der Waals surface area contributed by atoms with Crippen LogP contribution in [0.4, 0.5) is 0 Å². The fourth-order valence-corrected chi connectivity index (χ4v) is 3.02. The Morgan fingerprint density at radius 3 is 2.76 bits per heavy atom. The van der Waals surface area contributed by atoms with Gasteiger partial charge in [0.05, 0.1) is 18.2 Å². The Balaban J connectivity index is 1.88. The number of hydrogen-bond acceptors (Lipinski definition) is 4. The van der Waals surface area contributed by atoms with Crippen LogP contribution in [0.5, 0.6) is 0 Å². The summed E-state index contributed by atoms with van der Waals surface area (Å²) in [5.74, 6) is 1.11. The molecule has 0 aromatic rings. The Morgan fingerprint density at radius 1 is 1.53 bits per heavy atom. The van der Waals surface area contributed by atoms with E-state index in [1.807, 2.05) is 0 Å². The summed E-state index contributed by atoms with van der Waals surface area (Å²) in [6.45, 7) is 0.548. The molecule has 0 spiro atoms. The predicted molar refractivity (Wildman–Crippen MR) is 65.5 cm³/mol. The SMILES string of the molecule is O=C1CSCN1CC(=O)N(CCO)C1CCC1. The first-order chi connectivity index (χ1) is 8.22. The zero-order valence-electron chi connectivity index (χ0n) is 9.80. The number of thioether (sulfide) groups is 1. The van der Waals surface area contributed by atoms with Gasteiger partial charge in [0, 0.05) is 12.6 Å². The number of nitrogens with zero attached hydrogens (tertiary/aromatic N) is 2. The van der Waals surface area contributed by atoms with Crippen LogP contribution in [-0.2, 0) is 9.59 Å². The molecule has 1 N–H and O–H groups in total. The van der Waals surface area contributed by atoms with Crippen molar-refractivity contribution in [1.82, 2.24) is 9.80 Å². The minimum absolute atomic E-state index is 0.00899. The van der Waals surface area contributed by atoms with Gasteiger partial charge in [0.2, 0.25) is 11.8 Å². The summed E-state index contributed by atoms with van der Waals surface area (Å²) in [5.41, 5.74) is 0. The van der Waals surface area contributed by atoms with E-state index in [1.54, 1.807) is 21.6 Å². The van der Waals surface area contributed by atoms with E-state index < -0.39 is 0 Å². The number of carbonyl (C=O) groups excluding carboxylic acids is 2. The van der Waals surface area contributed by atoms with Crippen molar-refractivity contribution in [3.05, 3.63) is 0 Å². The molecule has 0 aromatic heterocycles. The molecule has 2 amide bonds. The van der Waals surface area contributed by atoms with Gasteiger partial charge >= 0.3 is 0 Å². The maximum absolute atomic E-state index is 12.1. The van der Waals surface area contributed by atoms with Gasteiger partial charge in [0.1, 0.15) is 6.54 Å². The van der Waals surface area contributed by atoms with Crippen LogP contribution >= 0.6 is 11.8 Å². The first-order valence-corrected chi connectivity index (χ1v) is 7.13. The Hall–Kier alpha value is -0.750. The Bertz CT molecular complexity index is 307. The topological polar surface area (TPSA) is 60.9 Å². The van der Waals surface area contributed by atoms with Gasteiger partial charge in [0.15, 0.2) is 0 Å². The molecule has 2 fully saturated rings. The first kappa shape index (κ1) is 12.7. The maximum atomic E-state index is 12.1. The standard InChI is InChI=1S/C11H18N2O3S/c14-5-4-13(9-2-1-3-9)10(15)6-12-8-17-7-11(12)16/h9,14H,1-8H2. The van der Waals surface area contributed by atoms with E-state index >= 15 is 0 Å². The van der Waals surface area contributed by atoms with Crippen molar-refractivity contribution in [3.63, 3.8) is 0 Å². The summed E-state index contributed by atoms with van der Waals surface area (Å²) < 4.78 is 0. The van der Waals surface area contributed by atoms with Crippen LogP contribution in [-0.4, -0.2) is 64.1 Å². The van der Waals surface area contributed by atoms with E-state index in [9.17, 15) is 9.59 Å². The van der Waals surface area contributed by atoms with Gasteiger partial charge in [-0.3, -0.25) is 9.59 Å². The Labute approximate surface area is 105 Å². The summed E-state index contributed by atoms with van der Waals surface area (Å²) >= 11 is 1.54. The molecular weight excluding hydrogens is 240 g/mol. The van der Waals surface area contributed by atoms with Crippen molar-refractivity contribution in [2.24, 2.45) is 0 Å². The molecule has 0 unspecified atom stereocenters. The Kier molecular flexibility index (Phi) is 4.28. The van der Waals surface area contributed by atoms with Gasteiger partial charge in [-0.2, -0.15) is 0 Å².